The van der Waals surface area contributed by atoms with Crippen LogP contribution in [0.4, 0.5) is 23.0 Å². The van der Waals surface area contributed by atoms with Crippen LogP contribution in [0.1, 0.15) is 5.56 Å². The predicted octanol–water partition coefficient (Wildman–Crippen LogP) is 4.67. The van der Waals surface area contributed by atoms with Crippen molar-refractivity contribution in [3.8, 4) is 17.2 Å². The Morgan fingerprint density at radius 3 is 2.66 bits per heavy atom. The van der Waals surface area contributed by atoms with E-state index in [-0.39, 0.29) is 23.9 Å². The van der Waals surface area contributed by atoms with Gasteiger partial charge in [0, 0.05) is 16.7 Å². The number of nitrogen functional groups attached to an aromatic ring is 2. The third-order valence-electron chi connectivity index (χ3n) is 4.13. The number of pyridine rings is 1. The van der Waals surface area contributed by atoms with E-state index in [2.05, 4.69) is 15.2 Å². The fraction of sp³-hybridized carbons (Fsp3) is 0.150. The third kappa shape index (κ3) is 4.33. The number of hydrogen-bond acceptors (Lipinski definition) is 8. The summed E-state index contributed by atoms with van der Waals surface area (Å²) in [6.45, 7) is 1.21. The topological polar surface area (TPSA) is 117 Å². The molecule has 29 heavy (non-hydrogen) atoms. The van der Waals surface area contributed by atoms with Crippen molar-refractivity contribution in [1.82, 2.24) is 4.98 Å². The monoisotopic (exact) mass is 411 g/mol. The fourth-order valence-electron chi connectivity index (χ4n) is 2.78. The molecule has 0 fully saturated rings. The number of nitrogens with two attached hydrogens (primary N) is 2. The molecule has 0 amide bonds. The molecule has 4 rings (SSSR count). The van der Waals surface area contributed by atoms with Gasteiger partial charge in [0.15, 0.2) is 28.8 Å². The molecule has 0 aliphatic carbocycles. The summed E-state index contributed by atoms with van der Waals surface area (Å²) in [5, 5.41) is 8.99. The van der Waals surface area contributed by atoms with E-state index in [4.69, 9.17) is 37.3 Å². The van der Waals surface area contributed by atoms with Gasteiger partial charge in [0.05, 0.1) is 5.69 Å². The summed E-state index contributed by atoms with van der Waals surface area (Å²) in [5.74, 6) is 2.05. The first-order valence-electron chi connectivity index (χ1n) is 8.84. The number of fused-ring (bicyclic) bond motifs is 1. The van der Waals surface area contributed by atoms with Crippen molar-refractivity contribution in [2.75, 3.05) is 24.7 Å². The van der Waals surface area contributed by atoms with Crippen LogP contribution in [-0.2, 0) is 6.61 Å². The number of nitrogens with zero attached hydrogens (tertiary/aromatic N) is 3. The number of aromatic nitrogens is 1. The van der Waals surface area contributed by atoms with E-state index in [1.807, 2.05) is 18.2 Å². The minimum Gasteiger partial charge on any atom is -0.486 e. The minimum absolute atomic E-state index is 0.118. The fourth-order valence-corrected chi connectivity index (χ4v) is 2.91. The van der Waals surface area contributed by atoms with Crippen molar-refractivity contribution >= 4 is 34.6 Å². The first-order chi connectivity index (χ1) is 14.1. The molecule has 2 heterocycles. The molecule has 0 spiro atoms. The van der Waals surface area contributed by atoms with Crippen molar-refractivity contribution in [3.63, 3.8) is 0 Å². The number of azo groups is 1. The van der Waals surface area contributed by atoms with Gasteiger partial charge in [-0.1, -0.05) is 23.7 Å². The number of benzene rings is 2. The summed E-state index contributed by atoms with van der Waals surface area (Å²) in [6, 6.07) is 14.1. The molecule has 148 valence electrons. The van der Waals surface area contributed by atoms with Crippen LogP contribution in [0, 0.1) is 0 Å². The second kappa shape index (κ2) is 8.24. The summed E-state index contributed by atoms with van der Waals surface area (Å²) in [7, 11) is 0. The second-order valence-electron chi connectivity index (χ2n) is 6.19. The molecule has 4 N–H and O–H groups in total. The first-order valence-corrected chi connectivity index (χ1v) is 9.21. The van der Waals surface area contributed by atoms with Crippen LogP contribution in [0.2, 0.25) is 5.02 Å². The minimum atomic E-state index is 0.118. The third-order valence-corrected chi connectivity index (χ3v) is 4.38. The van der Waals surface area contributed by atoms with E-state index in [9.17, 15) is 0 Å². The van der Waals surface area contributed by atoms with E-state index in [1.165, 1.54) is 0 Å². The molecule has 1 aliphatic rings. The van der Waals surface area contributed by atoms with Crippen LogP contribution in [0.5, 0.6) is 17.2 Å². The lowest BCUT2D eigenvalue weighted by Crippen LogP contribution is -2.17. The summed E-state index contributed by atoms with van der Waals surface area (Å²) in [5.41, 5.74) is 13.6. The van der Waals surface area contributed by atoms with Gasteiger partial charge in [-0.25, -0.2) is 4.98 Å². The number of rotatable bonds is 5. The van der Waals surface area contributed by atoms with Gasteiger partial charge in [0.25, 0.3) is 0 Å². The number of para-hydroxylation sites is 1. The molecule has 3 aromatic rings. The van der Waals surface area contributed by atoms with E-state index >= 15 is 0 Å². The van der Waals surface area contributed by atoms with Gasteiger partial charge >= 0.3 is 0 Å². The Morgan fingerprint density at radius 1 is 1.03 bits per heavy atom. The van der Waals surface area contributed by atoms with Crippen molar-refractivity contribution < 1.29 is 14.2 Å². The lowest BCUT2D eigenvalue weighted by Gasteiger charge is -2.21. The summed E-state index contributed by atoms with van der Waals surface area (Å²) in [6.07, 6.45) is 0. The number of ether oxygens (including phenoxy) is 3. The van der Waals surface area contributed by atoms with Crippen molar-refractivity contribution in [1.29, 1.82) is 0 Å². The Labute approximate surface area is 172 Å². The van der Waals surface area contributed by atoms with Crippen molar-refractivity contribution in [2.24, 2.45) is 10.2 Å². The van der Waals surface area contributed by atoms with Crippen LogP contribution in [0.3, 0.4) is 0 Å². The standard InChI is InChI=1S/C20H18ClN5O3/c21-13-4-6-14(7-5-13)25-26-18-16(10-17(22)24-20(18)23)29-11-12-2-1-3-15-19(12)28-9-8-27-15/h1-7,10H,8-9,11H2,(H4,22,23,24). The predicted molar refractivity (Wildman–Crippen MR) is 110 cm³/mol. The molecule has 1 aliphatic heterocycles. The second-order valence-corrected chi connectivity index (χ2v) is 6.62. The average molecular weight is 412 g/mol. The lowest BCUT2D eigenvalue weighted by atomic mass is 10.2. The number of anilines is 2. The SMILES string of the molecule is Nc1cc(OCc2cccc3c2OCCO3)c(N=Nc2ccc(Cl)cc2)c(N)n1. The van der Waals surface area contributed by atoms with Gasteiger partial charge < -0.3 is 25.7 Å². The highest BCUT2D eigenvalue weighted by Gasteiger charge is 2.17. The Hall–Kier alpha value is -3.52. The van der Waals surface area contributed by atoms with Crippen LogP contribution < -0.4 is 25.7 Å². The quantitative estimate of drug-likeness (QED) is 0.589. The Balaban J connectivity index is 1.60. The van der Waals surface area contributed by atoms with Gasteiger partial charge in [0.1, 0.15) is 25.6 Å². The van der Waals surface area contributed by atoms with Crippen LogP contribution in [0.15, 0.2) is 58.8 Å². The largest absolute Gasteiger partial charge is 0.486 e. The summed E-state index contributed by atoms with van der Waals surface area (Å²) < 4.78 is 17.3. The zero-order valence-electron chi connectivity index (χ0n) is 15.3. The highest BCUT2D eigenvalue weighted by molar-refractivity contribution is 6.30. The maximum absolute atomic E-state index is 6.00. The summed E-state index contributed by atoms with van der Waals surface area (Å²) >= 11 is 5.89. The molecule has 0 atom stereocenters. The van der Waals surface area contributed by atoms with Gasteiger partial charge in [-0.2, -0.15) is 5.11 Å². The van der Waals surface area contributed by atoms with Gasteiger partial charge in [-0.05, 0) is 30.3 Å². The Kier molecular flexibility index (Phi) is 5.35. The number of hydrogen-bond donors (Lipinski definition) is 2. The molecule has 0 saturated heterocycles. The summed E-state index contributed by atoms with van der Waals surface area (Å²) in [4.78, 5) is 4.04. The average Bonchev–Trinajstić information content (AvgIpc) is 2.72. The highest BCUT2D eigenvalue weighted by Crippen LogP contribution is 2.38. The molecule has 0 saturated carbocycles. The molecule has 8 nitrogen and oxygen atoms in total. The van der Waals surface area contributed by atoms with Gasteiger partial charge in [-0.3, -0.25) is 0 Å². The van der Waals surface area contributed by atoms with Gasteiger partial charge in [0.2, 0.25) is 0 Å². The molecule has 0 unspecified atom stereocenters. The molecule has 9 heteroatoms. The Bertz CT molecular complexity index is 1060. The highest BCUT2D eigenvalue weighted by atomic mass is 35.5. The zero-order valence-corrected chi connectivity index (χ0v) is 16.1. The molecule has 0 bridgehead atoms. The molecular weight excluding hydrogens is 394 g/mol. The van der Waals surface area contributed by atoms with Crippen LogP contribution in [-0.4, -0.2) is 18.2 Å². The maximum atomic E-state index is 6.00. The number of halogens is 1. The maximum Gasteiger partial charge on any atom is 0.170 e. The van der Waals surface area contributed by atoms with Crippen LogP contribution >= 0.6 is 11.6 Å². The molecule has 1 aromatic heterocycles. The van der Waals surface area contributed by atoms with E-state index in [1.54, 1.807) is 30.3 Å². The first kappa shape index (κ1) is 18.8. The van der Waals surface area contributed by atoms with Crippen molar-refractivity contribution in [3.05, 3.63) is 59.1 Å². The normalized spacial score (nSPS) is 12.9. The van der Waals surface area contributed by atoms with Crippen LogP contribution in [0.25, 0.3) is 0 Å². The van der Waals surface area contributed by atoms with E-state index < -0.39 is 0 Å². The molecular formula is C20H18ClN5O3. The smallest absolute Gasteiger partial charge is 0.170 e. The van der Waals surface area contributed by atoms with E-state index in [0.29, 0.717) is 41.2 Å². The van der Waals surface area contributed by atoms with Gasteiger partial charge in [-0.15, -0.1) is 5.11 Å². The zero-order chi connectivity index (χ0) is 20.2. The lowest BCUT2D eigenvalue weighted by molar-refractivity contribution is 0.166. The molecule has 2 aromatic carbocycles. The van der Waals surface area contributed by atoms with E-state index in [0.717, 1.165) is 5.56 Å². The Morgan fingerprint density at radius 2 is 1.83 bits per heavy atom. The molecule has 0 radical (unpaired) electrons. The van der Waals surface area contributed by atoms with Crippen molar-refractivity contribution in [2.45, 2.75) is 6.61 Å².